The Kier molecular flexibility index (Phi) is 2.61. The minimum atomic E-state index is 0.433. The zero-order chi connectivity index (χ0) is 11.4. The first kappa shape index (κ1) is 9.86. The molecule has 0 aliphatic rings. The van der Waals surface area contributed by atoms with Crippen molar-refractivity contribution in [3.8, 4) is 11.8 Å². The average molecular weight is 213 g/mol. The largest absolute Gasteiger partial charge is 0.411 e. The van der Waals surface area contributed by atoms with E-state index in [9.17, 15) is 0 Å². The van der Waals surface area contributed by atoms with Gasteiger partial charge in [0.05, 0.1) is 17.5 Å². The summed E-state index contributed by atoms with van der Waals surface area (Å²) in [6.07, 6.45) is 4.16. The Labute approximate surface area is 91.1 Å². The van der Waals surface area contributed by atoms with E-state index in [1.807, 2.05) is 0 Å². The Morgan fingerprint density at radius 3 is 3.00 bits per heavy atom. The highest BCUT2D eigenvalue weighted by atomic mass is 16.4. The van der Waals surface area contributed by atoms with Crippen LogP contribution >= 0.6 is 0 Å². The third-order valence-corrected chi connectivity index (χ3v) is 2.01. The van der Waals surface area contributed by atoms with Crippen molar-refractivity contribution in [2.75, 3.05) is 0 Å². The lowest BCUT2D eigenvalue weighted by Crippen LogP contribution is -1.98. The van der Waals surface area contributed by atoms with Crippen molar-refractivity contribution in [1.82, 2.24) is 14.8 Å². The van der Waals surface area contributed by atoms with Gasteiger partial charge in [-0.05, 0) is 17.7 Å². The van der Waals surface area contributed by atoms with Gasteiger partial charge in [0.2, 0.25) is 0 Å². The summed E-state index contributed by atoms with van der Waals surface area (Å²) in [5, 5.41) is 24.2. The van der Waals surface area contributed by atoms with Gasteiger partial charge in [0.25, 0.3) is 0 Å². The van der Waals surface area contributed by atoms with E-state index >= 15 is 0 Å². The molecule has 1 aromatic heterocycles. The van der Waals surface area contributed by atoms with Crippen LogP contribution < -0.4 is 0 Å². The molecule has 0 fully saturated rings. The fourth-order valence-corrected chi connectivity index (χ4v) is 1.32. The third kappa shape index (κ3) is 1.74. The van der Waals surface area contributed by atoms with Crippen LogP contribution in [0.5, 0.6) is 0 Å². The second-order valence-corrected chi connectivity index (χ2v) is 2.97. The number of oxime groups is 1. The second kappa shape index (κ2) is 4.23. The van der Waals surface area contributed by atoms with Gasteiger partial charge in [0, 0.05) is 0 Å². The van der Waals surface area contributed by atoms with Crippen molar-refractivity contribution < 1.29 is 5.21 Å². The molecule has 0 saturated carbocycles. The van der Waals surface area contributed by atoms with Gasteiger partial charge < -0.3 is 5.21 Å². The Balaban J connectivity index is 2.53. The van der Waals surface area contributed by atoms with Gasteiger partial charge in [-0.2, -0.15) is 10.4 Å². The molecule has 0 atom stereocenters. The maximum absolute atomic E-state index is 8.99. The summed E-state index contributed by atoms with van der Waals surface area (Å²) in [6, 6.07) is 7.09. The van der Waals surface area contributed by atoms with Crippen LogP contribution in [0.3, 0.4) is 0 Å². The second-order valence-electron chi connectivity index (χ2n) is 2.97. The van der Waals surface area contributed by atoms with Gasteiger partial charge in [-0.1, -0.05) is 11.2 Å². The Morgan fingerprint density at radius 1 is 1.50 bits per heavy atom. The molecule has 0 aliphatic carbocycles. The highest BCUT2D eigenvalue weighted by Gasteiger charge is 2.05. The smallest absolute Gasteiger partial charge is 0.138 e. The van der Waals surface area contributed by atoms with Crippen LogP contribution in [-0.2, 0) is 0 Å². The summed E-state index contributed by atoms with van der Waals surface area (Å²) >= 11 is 0. The van der Waals surface area contributed by atoms with Gasteiger partial charge >= 0.3 is 0 Å². The van der Waals surface area contributed by atoms with Crippen LogP contribution in [0.25, 0.3) is 5.69 Å². The molecule has 2 rings (SSSR count). The summed E-state index contributed by atoms with van der Waals surface area (Å²) in [5.74, 6) is 0. The zero-order valence-corrected chi connectivity index (χ0v) is 8.15. The standard InChI is InChI=1S/C10H7N5O/c11-4-9-3-8(5-14-16)1-2-10(9)15-7-12-6-13-15/h1-3,5-7,16H/b14-5-. The average Bonchev–Trinajstić information content (AvgIpc) is 2.83. The van der Waals surface area contributed by atoms with E-state index in [2.05, 4.69) is 21.3 Å². The highest BCUT2D eigenvalue weighted by Crippen LogP contribution is 2.13. The first-order valence-corrected chi connectivity index (χ1v) is 4.41. The molecular weight excluding hydrogens is 206 g/mol. The lowest BCUT2D eigenvalue weighted by Gasteiger charge is -2.03. The highest BCUT2D eigenvalue weighted by molar-refractivity contribution is 5.80. The molecule has 16 heavy (non-hydrogen) atoms. The maximum atomic E-state index is 8.99. The van der Waals surface area contributed by atoms with Gasteiger partial charge in [-0.15, -0.1) is 0 Å². The molecular formula is C10H7N5O. The monoisotopic (exact) mass is 213 g/mol. The van der Waals surface area contributed by atoms with Crippen molar-refractivity contribution in [3.05, 3.63) is 42.0 Å². The fourth-order valence-electron chi connectivity index (χ4n) is 1.32. The van der Waals surface area contributed by atoms with Gasteiger partial charge in [-0.3, -0.25) is 0 Å². The van der Waals surface area contributed by atoms with Crippen molar-refractivity contribution in [3.63, 3.8) is 0 Å². The summed E-state index contributed by atoms with van der Waals surface area (Å²) in [6.45, 7) is 0. The quantitative estimate of drug-likeness (QED) is 0.457. The molecule has 1 heterocycles. The van der Waals surface area contributed by atoms with Crippen LogP contribution in [-0.4, -0.2) is 26.2 Å². The Bertz CT molecular complexity index is 553. The van der Waals surface area contributed by atoms with E-state index in [-0.39, 0.29) is 0 Å². The van der Waals surface area contributed by atoms with Gasteiger partial charge in [-0.25, -0.2) is 9.67 Å². The van der Waals surface area contributed by atoms with Crippen molar-refractivity contribution in [2.24, 2.45) is 5.16 Å². The molecule has 0 bridgehead atoms. The molecule has 6 heteroatoms. The summed E-state index contributed by atoms with van der Waals surface area (Å²) in [5.41, 5.74) is 1.71. The first-order chi connectivity index (χ1) is 7.85. The molecule has 78 valence electrons. The van der Waals surface area contributed by atoms with E-state index in [0.29, 0.717) is 16.8 Å². The van der Waals surface area contributed by atoms with E-state index in [4.69, 9.17) is 10.5 Å². The Hall–Kier alpha value is -2.68. The SMILES string of the molecule is N#Cc1cc(/C=N\O)ccc1-n1cncn1. The predicted molar refractivity (Wildman–Crippen MR) is 55.5 cm³/mol. The predicted octanol–water partition coefficient (Wildman–Crippen LogP) is 0.947. The number of nitriles is 1. The number of benzene rings is 1. The molecule has 0 aliphatic heterocycles. The molecule has 0 radical (unpaired) electrons. The molecule has 0 unspecified atom stereocenters. The summed E-state index contributed by atoms with van der Waals surface area (Å²) < 4.78 is 1.50. The van der Waals surface area contributed by atoms with Crippen molar-refractivity contribution in [1.29, 1.82) is 5.26 Å². The molecule has 0 saturated heterocycles. The fraction of sp³-hybridized carbons (Fsp3) is 0. The Morgan fingerprint density at radius 2 is 2.38 bits per heavy atom. The van der Waals surface area contributed by atoms with Crippen LogP contribution in [0.4, 0.5) is 0 Å². The van der Waals surface area contributed by atoms with Gasteiger partial charge in [0.1, 0.15) is 18.7 Å². The number of hydrogen-bond donors (Lipinski definition) is 1. The van der Waals surface area contributed by atoms with Crippen molar-refractivity contribution in [2.45, 2.75) is 0 Å². The van der Waals surface area contributed by atoms with E-state index in [1.54, 1.807) is 18.2 Å². The number of rotatable bonds is 2. The number of hydrogen-bond acceptors (Lipinski definition) is 5. The lowest BCUT2D eigenvalue weighted by molar-refractivity contribution is 0.322. The number of aromatic nitrogens is 3. The topological polar surface area (TPSA) is 87.1 Å². The van der Waals surface area contributed by atoms with Crippen LogP contribution in [0.2, 0.25) is 0 Å². The summed E-state index contributed by atoms with van der Waals surface area (Å²) in [7, 11) is 0. The zero-order valence-electron chi connectivity index (χ0n) is 8.15. The van der Waals surface area contributed by atoms with Crippen LogP contribution in [0.1, 0.15) is 11.1 Å². The molecule has 1 N–H and O–H groups in total. The normalized spacial score (nSPS) is 10.4. The molecule has 1 aromatic carbocycles. The number of nitrogens with zero attached hydrogens (tertiary/aromatic N) is 5. The first-order valence-electron chi connectivity index (χ1n) is 4.41. The minimum Gasteiger partial charge on any atom is -0.411 e. The molecule has 0 spiro atoms. The molecule has 2 aromatic rings. The van der Waals surface area contributed by atoms with E-state index in [1.165, 1.54) is 23.6 Å². The van der Waals surface area contributed by atoms with Crippen molar-refractivity contribution >= 4 is 6.21 Å². The van der Waals surface area contributed by atoms with E-state index in [0.717, 1.165) is 0 Å². The van der Waals surface area contributed by atoms with Crippen LogP contribution in [0.15, 0.2) is 36.0 Å². The van der Waals surface area contributed by atoms with Gasteiger partial charge in [0.15, 0.2) is 0 Å². The third-order valence-electron chi connectivity index (χ3n) is 2.01. The van der Waals surface area contributed by atoms with E-state index < -0.39 is 0 Å². The molecule has 6 nitrogen and oxygen atoms in total. The van der Waals surface area contributed by atoms with Crippen LogP contribution in [0, 0.1) is 11.3 Å². The maximum Gasteiger partial charge on any atom is 0.138 e. The lowest BCUT2D eigenvalue weighted by atomic mass is 10.1. The molecule has 0 amide bonds. The summed E-state index contributed by atoms with van der Waals surface area (Å²) in [4.78, 5) is 3.81. The minimum absolute atomic E-state index is 0.433.